The lowest BCUT2D eigenvalue weighted by molar-refractivity contribution is -0.137. The molecule has 0 radical (unpaired) electrons. The van der Waals surface area contributed by atoms with Crippen LogP contribution >= 0.6 is 0 Å². The van der Waals surface area contributed by atoms with E-state index in [4.69, 9.17) is 9.52 Å². The molecule has 122 valence electrons. The molecule has 0 bridgehead atoms. The van der Waals surface area contributed by atoms with E-state index in [1.54, 1.807) is 13.0 Å². The minimum Gasteiger partial charge on any atom is -0.481 e. The van der Waals surface area contributed by atoms with Crippen LogP contribution in [0, 0.1) is 12.7 Å². The van der Waals surface area contributed by atoms with Gasteiger partial charge in [-0.2, -0.15) is 0 Å². The molecule has 2 aromatic rings. The molecule has 1 heterocycles. The number of nitrogens with one attached hydrogen (secondary N) is 1. The number of amides is 1. The zero-order chi connectivity index (χ0) is 17.0. The fraction of sp³-hybridized carbons (Fsp3) is 0.294. The summed E-state index contributed by atoms with van der Waals surface area (Å²) in [5.41, 5.74) is 1.20. The molecule has 0 aliphatic rings. The Morgan fingerprint density at radius 1 is 1.30 bits per heavy atom. The van der Waals surface area contributed by atoms with Crippen molar-refractivity contribution in [1.82, 2.24) is 5.32 Å². The Balaban J connectivity index is 2.22. The first kappa shape index (κ1) is 16.7. The van der Waals surface area contributed by atoms with Crippen molar-refractivity contribution in [2.45, 2.75) is 32.7 Å². The molecule has 5 nitrogen and oxygen atoms in total. The molecule has 0 aliphatic carbocycles. The monoisotopic (exact) mass is 319 g/mol. The lowest BCUT2D eigenvalue weighted by Crippen LogP contribution is -2.30. The second-order valence-electron chi connectivity index (χ2n) is 5.25. The maximum absolute atomic E-state index is 13.0. The van der Waals surface area contributed by atoms with Gasteiger partial charge in [0, 0.05) is 12.0 Å². The molecule has 0 saturated heterocycles. The van der Waals surface area contributed by atoms with Gasteiger partial charge in [0.25, 0.3) is 5.91 Å². The van der Waals surface area contributed by atoms with E-state index >= 15 is 0 Å². The normalized spacial score (nSPS) is 12.0. The highest BCUT2D eigenvalue weighted by Gasteiger charge is 2.22. The number of hydrogen-bond donors (Lipinski definition) is 2. The zero-order valence-corrected chi connectivity index (χ0v) is 12.9. The third kappa shape index (κ3) is 4.18. The van der Waals surface area contributed by atoms with Gasteiger partial charge in [0.2, 0.25) is 0 Å². The van der Waals surface area contributed by atoms with Crippen LogP contribution in [0.25, 0.3) is 0 Å². The highest BCUT2D eigenvalue weighted by Crippen LogP contribution is 2.20. The van der Waals surface area contributed by atoms with Crippen molar-refractivity contribution in [3.8, 4) is 0 Å². The van der Waals surface area contributed by atoms with Crippen LogP contribution in [0.1, 0.15) is 46.8 Å². The van der Waals surface area contributed by atoms with Crippen LogP contribution in [0.5, 0.6) is 0 Å². The first-order valence-electron chi connectivity index (χ1n) is 7.28. The number of hydrogen-bond acceptors (Lipinski definition) is 3. The first-order valence-corrected chi connectivity index (χ1v) is 7.28. The van der Waals surface area contributed by atoms with Crippen LogP contribution in [0.2, 0.25) is 0 Å². The molecule has 0 unspecified atom stereocenters. The van der Waals surface area contributed by atoms with E-state index in [0.717, 1.165) is 0 Å². The Morgan fingerprint density at radius 2 is 1.96 bits per heavy atom. The zero-order valence-electron chi connectivity index (χ0n) is 12.9. The summed E-state index contributed by atoms with van der Waals surface area (Å²) >= 11 is 0. The first-order chi connectivity index (χ1) is 10.9. The molecule has 2 rings (SSSR count). The summed E-state index contributed by atoms with van der Waals surface area (Å²) in [6.07, 6.45) is 0.350. The maximum atomic E-state index is 13.0. The maximum Gasteiger partial charge on any atom is 0.305 e. The Labute approximate surface area is 133 Å². The van der Waals surface area contributed by atoms with Crippen molar-refractivity contribution in [2.75, 3.05) is 0 Å². The fourth-order valence-corrected chi connectivity index (χ4v) is 2.29. The highest BCUT2D eigenvalue weighted by atomic mass is 19.1. The van der Waals surface area contributed by atoms with Crippen molar-refractivity contribution in [3.63, 3.8) is 0 Å². The van der Waals surface area contributed by atoms with Crippen LogP contribution in [0.15, 0.2) is 34.7 Å². The number of halogens is 1. The van der Waals surface area contributed by atoms with E-state index in [1.165, 1.54) is 24.3 Å². The van der Waals surface area contributed by atoms with E-state index in [-0.39, 0.29) is 12.2 Å². The van der Waals surface area contributed by atoms with Gasteiger partial charge in [-0.15, -0.1) is 0 Å². The number of aryl methyl sites for hydroxylation is 2. The fourth-order valence-electron chi connectivity index (χ4n) is 2.29. The summed E-state index contributed by atoms with van der Waals surface area (Å²) in [6, 6.07) is 6.37. The smallest absolute Gasteiger partial charge is 0.305 e. The lowest BCUT2D eigenvalue weighted by atomic mass is 10.0. The number of furan rings is 1. The molecule has 1 amide bonds. The van der Waals surface area contributed by atoms with Gasteiger partial charge in [0.15, 0.2) is 5.76 Å². The van der Waals surface area contributed by atoms with Gasteiger partial charge in [-0.05, 0) is 30.7 Å². The average Bonchev–Trinajstić information content (AvgIpc) is 2.88. The summed E-state index contributed by atoms with van der Waals surface area (Å²) in [4.78, 5) is 23.4. The summed E-state index contributed by atoms with van der Waals surface area (Å²) in [7, 11) is 0. The predicted molar refractivity (Wildman–Crippen MR) is 81.7 cm³/mol. The number of carbonyl (C=O) groups excluding carboxylic acids is 1. The quantitative estimate of drug-likeness (QED) is 0.856. The second kappa shape index (κ2) is 7.09. The molecule has 1 aromatic carbocycles. The van der Waals surface area contributed by atoms with Crippen LogP contribution in [0.3, 0.4) is 0 Å². The van der Waals surface area contributed by atoms with Gasteiger partial charge >= 0.3 is 5.97 Å². The Morgan fingerprint density at radius 3 is 2.48 bits per heavy atom. The van der Waals surface area contributed by atoms with Crippen molar-refractivity contribution in [3.05, 3.63) is 58.8 Å². The molecule has 0 spiro atoms. The van der Waals surface area contributed by atoms with Crippen molar-refractivity contribution < 1.29 is 23.5 Å². The Kier molecular flexibility index (Phi) is 5.16. The van der Waals surface area contributed by atoms with Crippen molar-refractivity contribution in [1.29, 1.82) is 0 Å². The minimum atomic E-state index is -1.06. The number of carbonyl (C=O) groups is 2. The van der Waals surface area contributed by atoms with Crippen LogP contribution in [-0.4, -0.2) is 17.0 Å². The molecular formula is C17H18FNO4. The van der Waals surface area contributed by atoms with Gasteiger partial charge in [-0.3, -0.25) is 9.59 Å². The number of aliphatic carboxylic acids is 1. The predicted octanol–water partition coefficient (Wildman–Crippen LogP) is 3.24. The van der Waals surface area contributed by atoms with Gasteiger partial charge in [0.05, 0.1) is 12.5 Å². The summed E-state index contributed by atoms with van der Waals surface area (Å²) in [5, 5.41) is 11.7. The van der Waals surface area contributed by atoms with Crippen molar-refractivity contribution >= 4 is 11.9 Å². The third-order valence-corrected chi connectivity index (χ3v) is 3.48. The summed E-state index contributed by atoms with van der Waals surface area (Å²) in [5.74, 6) is -1.13. The lowest BCUT2D eigenvalue weighted by Gasteiger charge is -2.17. The molecule has 0 saturated carbocycles. The molecule has 0 fully saturated rings. The van der Waals surface area contributed by atoms with Gasteiger partial charge in [-0.25, -0.2) is 4.39 Å². The van der Waals surface area contributed by atoms with Crippen LogP contribution in [-0.2, 0) is 11.2 Å². The second-order valence-corrected chi connectivity index (χ2v) is 5.25. The molecular weight excluding hydrogens is 301 g/mol. The van der Waals surface area contributed by atoms with Crippen LogP contribution < -0.4 is 5.32 Å². The molecule has 2 N–H and O–H groups in total. The third-order valence-electron chi connectivity index (χ3n) is 3.48. The molecule has 6 heteroatoms. The largest absolute Gasteiger partial charge is 0.481 e. The highest BCUT2D eigenvalue weighted by molar-refractivity contribution is 5.93. The summed E-state index contributed by atoms with van der Waals surface area (Å²) < 4.78 is 18.5. The minimum absolute atomic E-state index is 0.166. The Hall–Kier alpha value is -2.63. The number of rotatable bonds is 6. The molecule has 23 heavy (non-hydrogen) atoms. The van der Waals surface area contributed by atoms with E-state index in [2.05, 4.69) is 5.32 Å². The standard InChI is InChI=1S/C17H18FNO4/c1-3-13-8-10(2)16(23-13)17(22)19-14(9-15(20)21)11-4-6-12(18)7-5-11/h4-8,14H,3,9H2,1-2H3,(H,19,22)(H,20,21)/t14-/m1/s1. The number of benzene rings is 1. The van der Waals surface area contributed by atoms with Gasteiger partial charge in [-0.1, -0.05) is 19.1 Å². The Bertz CT molecular complexity index is 706. The van der Waals surface area contributed by atoms with E-state index in [1.807, 2.05) is 6.92 Å². The average molecular weight is 319 g/mol. The van der Waals surface area contributed by atoms with E-state index < -0.39 is 23.7 Å². The van der Waals surface area contributed by atoms with Gasteiger partial charge < -0.3 is 14.8 Å². The number of carboxylic acid groups (broad SMARTS) is 1. The number of carboxylic acids is 1. The summed E-state index contributed by atoms with van der Waals surface area (Å²) in [6.45, 7) is 3.66. The van der Waals surface area contributed by atoms with Crippen LogP contribution in [0.4, 0.5) is 4.39 Å². The van der Waals surface area contributed by atoms with Gasteiger partial charge in [0.1, 0.15) is 11.6 Å². The topological polar surface area (TPSA) is 79.5 Å². The molecule has 1 atom stereocenters. The SMILES string of the molecule is CCc1cc(C)c(C(=O)N[C@H](CC(=O)O)c2ccc(F)cc2)o1. The van der Waals surface area contributed by atoms with Crippen molar-refractivity contribution in [2.24, 2.45) is 0 Å². The van der Waals surface area contributed by atoms with E-state index in [0.29, 0.717) is 23.3 Å². The van der Waals surface area contributed by atoms with E-state index in [9.17, 15) is 14.0 Å². The molecule has 1 aromatic heterocycles. The molecule has 0 aliphatic heterocycles.